The van der Waals surface area contributed by atoms with Gasteiger partial charge in [-0.05, 0) is 26.4 Å². The number of nitrogens with two attached hydrogens (primary N) is 1. The van der Waals surface area contributed by atoms with Crippen molar-refractivity contribution in [3.05, 3.63) is 0 Å². The molecular formula is C19H37N3O3. The molecule has 0 aromatic rings. The van der Waals surface area contributed by atoms with Crippen molar-refractivity contribution in [2.75, 3.05) is 45.9 Å². The minimum atomic E-state index is -0.817. The van der Waals surface area contributed by atoms with Gasteiger partial charge in [0.1, 0.15) is 5.54 Å². The molecule has 0 radical (unpaired) electrons. The van der Waals surface area contributed by atoms with Crippen molar-refractivity contribution in [1.29, 1.82) is 0 Å². The third-order valence-corrected chi connectivity index (χ3v) is 6.30. The highest BCUT2D eigenvalue weighted by molar-refractivity contribution is 5.89. The molecule has 6 heteroatoms. The molecule has 1 heterocycles. The Bertz CT molecular complexity index is 453. The van der Waals surface area contributed by atoms with E-state index in [4.69, 9.17) is 15.2 Å². The number of carbonyl (C=O) groups excluding carboxylic acids is 1. The number of hydrogen-bond donors (Lipinski definition) is 1. The van der Waals surface area contributed by atoms with Crippen molar-refractivity contribution in [2.24, 2.45) is 11.1 Å². The highest BCUT2D eigenvalue weighted by Gasteiger charge is 2.64. The molecule has 1 aliphatic carbocycles. The summed E-state index contributed by atoms with van der Waals surface area (Å²) in [4.78, 5) is 17.3. The first-order valence-electron chi connectivity index (χ1n) is 9.83. The molecule has 146 valence electrons. The highest BCUT2D eigenvalue weighted by atomic mass is 16.5. The van der Waals surface area contributed by atoms with Crippen molar-refractivity contribution < 1.29 is 14.3 Å². The van der Waals surface area contributed by atoms with Gasteiger partial charge in [-0.1, -0.05) is 27.7 Å². The van der Waals surface area contributed by atoms with Gasteiger partial charge in [-0.25, -0.2) is 0 Å². The minimum absolute atomic E-state index is 0.0586. The molecule has 1 aliphatic heterocycles. The van der Waals surface area contributed by atoms with Gasteiger partial charge in [-0.3, -0.25) is 4.79 Å². The van der Waals surface area contributed by atoms with E-state index in [1.807, 2.05) is 25.7 Å². The second kappa shape index (κ2) is 8.33. The monoisotopic (exact) mass is 355 g/mol. The molecule has 0 spiro atoms. The van der Waals surface area contributed by atoms with Crippen molar-refractivity contribution in [3.63, 3.8) is 0 Å². The average molecular weight is 356 g/mol. The normalized spacial score (nSPS) is 31.4. The Morgan fingerprint density at radius 2 is 1.92 bits per heavy atom. The third kappa shape index (κ3) is 4.02. The van der Waals surface area contributed by atoms with Crippen molar-refractivity contribution in [2.45, 2.75) is 65.2 Å². The van der Waals surface area contributed by atoms with Crippen LogP contribution in [0.25, 0.3) is 0 Å². The molecule has 0 aromatic heterocycles. The van der Waals surface area contributed by atoms with Crippen molar-refractivity contribution in [1.82, 2.24) is 9.80 Å². The number of rotatable bonds is 9. The van der Waals surface area contributed by atoms with Gasteiger partial charge in [0.05, 0.1) is 18.8 Å². The Balaban J connectivity index is 1.82. The molecule has 1 amide bonds. The summed E-state index contributed by atoms with van der Waals surface area (Å²) < 4.78 is 11.7. The van der Waals surface area contributed by atoms with Crippen LogP contribution in [-0.4, -0.2) is 79.4 Å². The lowest BCUT2D eigenvalue weighted by molar-refractivity contribution is -0.178. The van der Waals surface area contributed by atoms with E-state index >= 15 is 0 Å². The summed E-state index contributed by atoms with van der Waals surface area (Å²) in [5.74, 6) is 0.0586. The van der Waals surface area contributed by atoms with Crippen molar-refractivity contribution >= 4 is 5.91 Å². The maximum absolute atomic E-state index is 13.0. The molecule has 2 aliphatic rings. The summed E-state index contributed by atoms with van der Waals surface area (Å²) in [6.45, 7) is 16.2. The van der Waals surface area contributed by atoms with Crippen LogP contribution in [0.5, 0.6) is 0 Å². The first-order chi connectivity index (χ1) is 11.8. The van der Waals surface area contributed by atoms with Crippen molar-refractivity contribution in [3.8, 4) is 0 Å². The predicted molar refractivity (Wildman–Crippen MR) is 99.5 cm³/mol. The van der Waals surface area contributed by atoms with Gasteiger partial charge in [-0.15, -0.1) is 0 Å². The molecule has 1 saturated carbocycles. The van der Waals surface area contributed by atoms with E-state index in [0.717, 1.165) is 39.2 Å². The van der Waals surface area contributed by atoms with Crippen LogP contribution in [-0.2, 0) is 14.3 Å². The fraction of sp³-hybridized carbons (Fsp3) is 0.947. The van der Waals surface area contributed by atoms with Gasteiger partial charge in [-0.2, -0.15) is 0 Å². The third-order valence-electron chi connectivity index (χ3n) is 6.30. The van der Waals surface area contributed by atoms with Crippen LogP contribution >= 0.6 is 0 Å². The highest BCUT2D eigenvalue weighted by Crippen LogP contribution is 2.50. The van der Waals surface area contributed by atoms with Gasteiger partial charge in [0.25, 0.3) is 0 Å². The standard InChI is InChI=1S/C19H37N3O3/c1-6-21(7-2)11-12-25-15-9-10-22(14-15)17(23)19(20)13-16(24-8-3)18(19,4)5/h15-16H,6-14,20H2,1-5H3. The fourth-order valence-electron chi connectivity index (χ4n) is 4.02. The lowest BCUT2D eigenvalue weighted by Gasteiger charge is -2.58. The van der Waals surface area contributed by atoms with Crippen LogP contribution in [0.2, 0.25) is 0 Å². The Morgan fingerprint density at radius 1 is 1.24 bits per heavy atom. The topological polar surface area (TPSA) is 68.0 Å². The summed E-state index contributed by atoms with van der Waals surface area (Å²) in [5.41, 5.74) is 5.38. The number of amides is 1. The van der Waals surface area contributed by atoms with Crippen LogP contribution in [0, 0.1) is 5.41 Å². The smallest absolute Gasteiger partial charge is 0.243 e. The SMILES string of the molecule is CCOC1CC(N)(C(=O)N2CCC(OCCN(CC)CC)C2)C1(C)C. The van der Waals surface area contributed by atoms with Gasteiger partial charge >= 0.3 is 0 Å². The first-order valence-corrected chi connectivity index (χ1v) is 9.83. The van der Waals surface area contributed by atoms with E-state index < -0.39 is 5.54 Å². The van der Waals surface area contributed by atoms with Gasteiger partial charge in [0.2, 0.25) is 5.91 Å². The Kier molecular flexibility index (Phi) is 6.87. The predicted octanol–water partition coefficient (Wildman–Crippen LogP) is 1.48. The number of nitrogens with zero attached hydrogens (tertiary/aromatic N) is 2. The molecule has 0 aromatic carbocycles. The van der Waals surface area contributed by atoms with E-state index in [1.165, 1.54) is 0 Å². The van der Waals surface area contributed by atoms with E-state index in [-0.39, 0.29) is 23.5 Å². The lowest BCUT2D eigenvalue weighted by atomic mass is 9.54. The number of likely N-dealkylation sites (tertiary alicyclic amines) is 1. The summed E-state index contributed by atoms with van der Waals surface area (Å²) in [6.07, 6.45) is 1.70. The minimum Gasteiger partial charge on any atom is -0.378 e. The number of carbonyl (C=O) groups is 1. The second-order valence-electron chi connectivity index (χ2n) is 7.90. The largest absolute Gasteiger partial charge is 0.378 e. The molecule has 3 atom stereocenters. The zero-order chi connectivity index (χ0) is 18.7. The molecule has 2 rings (SSSR count). The average Bonchev–Trinajstić information content (AvgIpc) is 3.06. The number of hydrogen-bond acceptors (Lipinski definition) is 5. The Labute approximate surface area is 153 Å². The Hall–Kier alpha value is -0.690. The van der Waals surface area contributed by atoms with Crippen LogP contribution in [0.1, 0.15) is 47.5 Å². The zero-order valence-corrected chi connectivity index (χ0v) is 16.7. The number of likely N-dealkylation sites (N-methyl/N-ethyl adjacent to an activating group) is 1. The maximum atomic E-state index is 13.0. The fourth-order valence-corrected chi connectivity index (χ4v) is 4.02. The molecule has 0 bridgehead atoms. The Morgan fingerprint density at radius 3 is 2.48 bits per heavy atom. The van der Waals surface area contributed by atoms with Crippen LogP contribution in [0.15, 0.2) is 0 Å². The molecule has 2 N–H and O–H groups in total. The lowest BCUT2D eigenvalue weighted by Crippen LogP contribution is -2.75. The van der Waals surface area contributed by atoms with E-state index in [9.17, 15) is 4.79 Å². The van der Waals surface area contributed by atoms with E-state index in [1.54, 1.807) is 0 Å². The molecule has 25 heavy (non-hydrogen) atoms. The van der Waals surface area contributed by atoms with Crippen LogP contribution in [0.4, 0.5) is 0 Å². The quantitative estimate of drug-likeness (QED) is 0.678. The first kappa shape index (κ1) is 20.6. The molecular weight excluding hydrogens is 318 g/mol. The molecule has 3 unspecified atom stereocenters. The summed E-state index contributed by atoms with van der Waals surface area (Å²) >= 11 is 0. The summed E-state index contributed by atoms with van der Waals surface area (Å²) in [5, 5.41) is 0. The van der Waals surface area contributed by atoms with E-state index in [2.05, 4.69) is 18.7 Å². The molecule has 2 fully saturated rings. The summed E-state index contributed by atoms with van der Waals surface area (Å²) in [6, 6.07) is 0. The van der Waals surface area contributed by atoms with Gasteiger partial charge < -0.3 is 25.0 Å². The van der Waals surface area contributed by atoms with Gasteiger partial charge in [0.15, 0.2) is 0 Å². The summed E-state index contributed by atoms with van der Waals surface area (Å²) in [7, 11) is 0. The van der Waals surface area contributed by atoms with Crippen LogP contribution < -0.4 is 5.73 Å². The number of ether oxygens (including phenoxy) is 2. The van der Waals surface area contributed by atoms with E-state index in [0.29, 0.717) is 19.6 Å². The molecule has 6 nitrogen and oxygen atoms in total. The zero-order valence-electron chi connectivity index (χ0n) is 16.7. The second-order valence-corrected chi connectivity index (χ2v) is 7.90. The maximum Gasteiger partial charge on any atom is 0.243 e. The molecule has 1 saturated heterocycles. The van der Waals surface area contributed by atoms with Crippen LogP contribution in [0.3, 0.4) is 0 Å². The van der Waals surface area contributed by atoms with Gasteiger partial charge in [0, 0.05) is 38.1 Å².